The predicted octanol–water partition coefficient (Wildman–Crippen LogP) is -10.3. The molecule has 0 unspecified atom stereocenters. The molecule has 0 saturated heterocycles. The molecular formula is H8Na2O7S2. The van der Waals surface area contributed by atoms with Crippen molar-refractivity contribution in [2.45, 2.75) is 0 Å². The Bertz CT molecular complexity index is 97.6. The third-order valence-corrected chi connectivity index (χ3v) is 0. The van der Waals surface area contributed by atoms with E-state index in [4.69, 9.17) is 13.3 Å². The minimum absolute atomic E-state index is 0. The SMILES string of the molecule is O.O.O.O.O=S([O-])([O-])=S.[Na+].[Na+]. The van der Waals surface area contributed by atoms with Crippen molar-refractivity contribution < 1.29 is 94.3 Å². The van der Waals surface area contributed by atoms with Gasteiger partial charge in [0.25, 0.3) is 0 Å². The van der Waals surface area contributed by atoms with Crippen LogP contribution in [0, 0.1) is 0 Å². The van der Waals surface area contributed by atoms with Crippen LogP contribution in [0.1, 0.15) is 0 Å². The van der Waals surface area contributed by atoms with Gasteiger partial charge in [-0.15, -0.1) is 9.05 Å². The molecule has 0 bridgehead atoms. The van der Waals surface area contributed by atoms with Gasteiger partial charge in [-0.3, -0.25) is 4.21 Å². The van der Waals surface area contributed by atoms with Gasteiger partial charge in [-0.1, -0.05) is 0 Å². The van der Waals surface area contributed by atoms with Gasteiger partial charge in [0.1, 0.15) is 0 Å². The molecule has 0 aromatic carbocycles. The Morgan fingerprint density at radius 3 is 0.909 bits per heavy atom. The van der Waals surface area contributed by atoms with Crippen molar-refractivity contribution in [2.24, 2.45) is 0 Å². The Morgan fingerprint density at radius 1 is 0.909 bits per heavy atom. The van der Waals surface area contributed by atoms with Crippen LogP contribution in [-0.2, 0) is 20.2 Å². The summed E-state index contributed by atoms with van der Waals surface area (Å²) in [5.41, 5.74) is 0. The minimum atomic E-state index is -4.33. The smallest absolute Gasteiger partial charge is 0.780 e. The molecule has 64 valence electrons. The molecule has 0 aliphatic heterocycles. The Hall–Kier alpha value is 2.13. The van der Waals surface area contributed by atoms with Gasteiger partial charge in [-0.2, -0.15) is 0 Å². The summed E-state index contributed by atoms with van der Waals surface area (Å²) < 4.78 is 26.7. The molecule has 0 amide bonds. The molecule has 0 spiro atoms. The average Bonchev–Trinajstić information content (AvgIpc) is 0.722. The third-order valence-electron chi connectivity index (χ3n) is 0. The summed E-state index contributed by atoms with van der Waals surface area (Å²) in [4.78, 5) is 0. The first kappa shape index (κ1) is 51.4. The normalized spacial score (nSPS) is 5.27. The van der Waals surface area contributed by atoms with Crippen molar-refractivity contribution in [3.63, 3.8) is 0 Å². The van der Waals surface area contributed by atoms with Crippen LogP contribution in [0.4, 0.5) is 0 Å². The molecule has 0 aromatic heterocycles. The zero-order valence-corrected chi connectivity index (χ0v) is 11.7. The van der Waals surface area contributed by atoms with Gasteiger partial charge in [0.15, 0.2) is 0 Å². The summed E-state index contributed by atoms with van der Waals surface area (Å²) in [6.45, 7) is 0. The maximum Gasteiger partial charge on any atom is 1.00 e. The Kier molecular flexibility index (Phi) is 106. The summed E-state index contributed by atoms with van der Waals surface area (Å²) in [6, 6.07) is 0. The van der Waals surface area contributed by atoms with Crippen molar-refractivity contribution >= 4 is 20.2 Å². The van der Waals surface area contributed by atoms with E-state index in [1.807, 2.05) is 0 Å². The summed E-state index contributed by atoms with van der Waals surface area (Å²) in [5.74, 6) is 0. The van der Waals surface area contributed by atoms with Gasteiger partial charge in [0.2, 0.25) is 0 Å². The van der Waals surface area contributed by atoms with E-state index in [1.54, 1.807) is 0 Å². The number of hydrogen-bond acceptors (Lipinski definition) is 4. The van der Waals surface area contributed by atoms with Crippen molar-refractivity contribution in [1.82, 2.24) is 0 Å². The van der Waals surface area contributed by atoms with E-state index < -0.39 is 9.05 Å². The maximum absolute atomic E-state index is 8.89. The van der Waals surface area contributed by atoms with Crippen LogP contribution >= 0.6 is 0 Å². The third kappa shape index (κ3) is 274. The Morgan fingerprint density at radius 2 is 0.909 bits per heavy atom. The van der Waals surface area contributed by atoms with Crippen molar-refractivity contribution in [3.8, 4) is 0 Å². The molecule has 0 aliphatic rings. The first-order chi connectivity index (χ1) is 2.00. The molecule has 7 nitrogen and oxygen atoms in total. The molecule has 0 atom stereocenters. The van der Waals surface area contributed by atoms with E-state index in [-0.39, 0.29) is 81.0 Å². The van der Waals surface area contributed by atoms with E-state index in [0.29, 0.717) is 0 Å². The fraction of sp³-hybridized carbons (Fsp3) is 0. The average molecular weight is 230 g/mol. The molecular weight excluding hydrogens is 222 g/mol. The largest absolute Gasteiger partial charge is 1.00 e. The van der Waals surface area contributed by atoms with Crippen molar-refractivity contribution in [2.75, 3.05) is 0 Å². The molecule has 8 N–H and O–H groups in total. The van der Waals surface area contributed by atoms with E-state index in [1.165, 1.54) is 0 Å². The fourth-order valence-electron chi connectivity index (χ4n) is 0. The second kappa shape index (κ2) is 22.7. The van der Waals surface area contributed by atoms with E-state index >= 15 is 0 Å². The molecule has 0 radical (unpaired) electrons. The standard InChI is InChI=1S/2Na.H2O3S2.4H2O/c;;1-5(2,3)4;;;;/h;;(H2,1,2,3,4);4*1H2/q2*+1;;;;;/p-2. The van der Waals surface area contributed by atoms with Crippen LogP contribution in [0.15, 0.2) is 0 Å². The van der Waals surface area contributed by atoms with E-state index in [0.717, 1.165) is 0 Å². The summed E-state index contributed by atoms with van der Waals surface area (Å²) in [7, 11) is -4.33. The Balaban J connectivity index is -0.00000000533. The second-order valence-electron chi connectivity index (χ2n) is 0.408. The topological polar surface area (TPSA) is 189 Å². The van der Waals surface area contributed by atoms with Gasteiger partial charge in [-0.25, -0.2) is 0 Å². The number of rotatable bonds is 0. The first-order valence-electron chi connectivity index (χ1n) is 0.667. The molecule has 0 fully saturated rings. The molecule has 11 heteroatoms. The van der Waals surface area contributed by atoms with Crippen LogP contribution in [0.25, 0.3) is 0 Å². The summed E-state index contributed by atoms with van der Waals surface area (Å²) in [6.07, 6.45) is 0. The molecule has 11 heavy (non-hydrogen) atoms. The second-order valence-corrected chi connectivity index (χ2v) is 2.45. The molecule has 0 aliphatic carbocycles. The molecule has 0 rings (SSSR count). The van der Waals surface area contributed by atoms with Gasteiger partial charge in [0.05, 0.1) is 0 Å². The van der Waals surface area contributed by atoms with Crippen LogP contribution in [0.5, 0.6) is 0 Å². The van der Waals surface area contributed by atoms with Crippen LogP contribution in [-0.4, -0.2) is 35.2 Å². The van der Waals surface area contributed by atoms with Crippen LogP contribution in [0.2, 0.25) is 0 Å². The van der Waals surface area contributed by atoms with Crippen molar-refractivity contribution in [1.29, 1.82) is 0 Å². The summed E-state index contributed by atoms with van der Waals surface area (Å²) in [5, 5.41) is 0. The van der Waals surface area contributed by atoms with Gasteiger partial charge < -0.3 is 31.0 Å². The fourth-order valence-corrected chi connectivity index (χ4v) is 0. The molecule has 0 aromatic rings. The predicted molar refractivity (Wildman–Crippen MR) is 31.5 cm³/mol. The van der Waals surface area contributed by atoms with Crippen LogP contribution in [0.3, 0.4) is 0 Å². The van der Waals surface area contributed by atoms with Gasteiger partial charge in [0, 0.05) is 0 Å². The maximum atomic E-state index is 8.89. The molecule has 0 heterocycles. The van der Waals surface area contributed by atoms with Gasteiger partial charge >= 0.3 is 59.1 Å². The monoisotopic (exact) mass is 230 g/mol. The van der Waals surface area contributed by atoms with E-state index in [2.05, 4.69) is 11.2 Å². The zero-order chi connectivity index (χ0) is 4.50. The number of hydrogen-bond donors (Lipinski definition) is 0. The quantitative estimate of drug-likeness (QED) is 0.373. The zero-order valence-electron chi connectivity index (χ0n) is 6.04. The first-order valence-corrected chi connectivity index (χ1v) is 3.00. The van der Waals surface area contributed by atoms with Crippen molar-refractivity contribution in [3.05, 3.63) is 0 Å². The summed E-state index contributed by atoms with van der Waals surface area (Å²) >= 11 is 3.24. The Labute approximate surface area is 113 Å². The minimum Gasteiger partial charge on any atom is -0.780 e. The molecule has 0 saturated carbocycles. The van der Waals surface area contributed by atoms with Gasteiger partial charge in [-0.05, 0) is 11.2 Å². The van der Waals surface area contributed by atoms with E-state index in [9.17, 15) is 0 Å². The van der Waals surface area contributed by atoms with Crippen LogP contribution < -0.4 is 59.1 Å².